The lowest BCUT2D eigenvalue weighted by Crippen LogP contribution is -2.36. The van der Waals surface area contributed by atoms with Gasteiger partial charge in [-0.25, -0.2) is 0 Å². The zero-order chi connectivity index (χ0) is 10.3. The first-order valence-corrected chi connectivity index (χ1v) is 6.07. The fraction of sp³-hybridized carbons (Fsp3) is 0.571. The van der Waals surface area contributed by atoms with Crippen LogP contribution in [-0.2, 0) is 0 Å². The van der Waals surface area contributed by atoms with E-state index in [1.54, 1.807) is 5.56 Å². The van der Waals surface area contributed by atoms with Crippen LogP contribution in [0.5, 0.6) is 0 Å². The van der Waals surface area contributed by atoms with E-state index in [-0.39, 0.29) is 0 Å². The van der Waals surface area contributed by atoms with Gasteiger partial charge in [0.05, 0.1) is 0 Å². The van der Waals surface area contributed by atoms with Crippen molar-refractivity contribution < 1.29 is 0 Å². The van der Waals surface area contributed by atoms with Crippen LogP contribution in [0.25, 0.3) is 0 Å². The first-order valence-electron chi connectivity index (χ1n) is 6.07. The lowest BCUT2D eigenvalue weighted by Gasteiger charge is -2.43. The van der Waals surface area contributed by atoms with Gasteiger partial charge in [0.25, 0.3) is 0 Å². The molecule has 15 heavy (non-hydrogen) atoms. The normalized spacial score (nSPS) is 27.9. The van der Waals surface area contributed by atoms with E-state index in [0.717, 1.165) is 5.92 Å². The molecule has 1 aromatic carbocycles. The maximum absolute atomic E-state index is 3.58. The highest BCUT2D eigenvalue weighted by atomic mass is 14.9. The van der Waals surface area contributed by atoms with Crippen molar-refractivity contribution in [2.75, 3.05) is 13.1 Å². The number of benzene rings is 1. The second-order valence-electron chi connectivity index (χ2n) is 5.31. The third kappa shape index (κ3) is 1.41. The molecule has 0 amide bonds. The molecule has 1 N–H and O–H groups in total. The van der Waals surface area contributed by atoms with Crippen molar-refractivity contribution in [2.45, 2.75) is 32.1 Å². The molecular weight excluding hydrogens is 182 g/mol. The summed E-state index contributed by atoms with van der Waals surface area (Å²) in [5, 5.41) is 3.58. The number of hydrogen-bond acceptors (Lipinski definition) is 1. The van der Waals surface area contributed by atoms with Crippen LogP contribution in [0.2, 0.25) is 0 Å². The Morgan fingerprint density at radius 1 is 1.33 bits per heavy atom. The highest BCUT2D eigenvalue weighted by molar-refractivity contribution is 5.30. The highest BCUT2D eigenvalue weighted by Crippen LogP contribution is 2.53. The molecule has 1 heterocycles. The summed E-state index contributed by atoms with van der Waals surface area (Å²) in [6.07, 6.45) is 4.29. The molecule has 1 aromatic rings. The Morgan fingerprint density at radius 3 is 2.87 bits per heavy atom. The molecule has 1 saturated heterocycles. The molecule has 1 heteroatoms. The maximum Gasteiger partial charge on any atom is 0.00321 e. The van der Waals surface area contributed by atoms with Gasteiger partial charge in [-0.1, -0.05) is 36.2 Å². The van der Waals surface area contributed by atoms with Crippen LogP contribution in [0.15, 0.2) is 24.3 Å². The molecule has 1 aliphatic carbocycles. The molecule has 0 radical (unpaired) electrons. The minimum Gasteiger partial charge on any atom is -0.316 e. The van der Waals surface area contributed by atoms with Gasteiger partial charge in [-0.3, -0.25) is 0 Å². The molecule has 1 unspecified atom stereocenters. The van der Waals surface area contributed by atoms with E-state index in [4.69, 9.17) is 0 Å². The largest absolute Gasteiger partial charge is 0.316 e. The summed E-state index contributed by atoms with van der Waals surface area (Å²) in [6, 6.07) is 9.08. The highest BCUT2D eigenvalue weighted by Gasteiger charge is 2.47. The Hall–Kier alpha value is -0.820. The minimum atomic E-state index is 0.619. The fourth-order valence-electron chi connectivity index (χ4n) is 3.32. The van der Waals surface area contributed by atoms with Crippen molar-refractivity contribution in [1.29, 1.82) is 0 Å². The smallest absolute Gasteiger partial charge is 0.00321 e. The molecule has 3 rings (SSSR count). The van der Waals surface area contributed by atoms with Crippen molar-refractivity contribution in [2.24, 2.45) is 5.41 Å². The average Bonchev–Trinajstić information content (AvgIpc) is 2.61. The number of nitrogens with one attached hydrogen (secondary N) is 1. The molecule has 2 aliphatic rings. The first-order chi connectivity index (χ1) is 7.30. The quantitative estimate of drug-likeness (QED) is 0.736. The first kappa shape index (κ1) is 9.41. The van der Waals surface area contributed by atoms with Crippen LogP contribution in [0, 0.1) is 12.3 Å². The second kappa shape index (κ2) is 3.34. The summed E-state index contributed by atoms with van der Waals surface area (Å²) in [5.74, 6) is 0.770. The zero-order valence-corrected chi connectivity index (χ0v) is 9.42. The third-order valence-electron chi connectivity index (χ3n) is 4.36. The van der Waals surface area contributed by atoms with Gasteiger partial charge in [-0.05, 0) is 30.7 Å². The van der Waals surface area contributed by atoms with Crippen molar-refractivity contribution in [3.8, 4) is 0 Å². The Morgan fingerprint density at radius 2 is 2.20 bits per heavy atom. The van der Waals surface area contributed by atoms with Crippen LogP contribution in [0.4, 0.5) is 0 Å². The molecule has 0 bridgehead atoms. The Kier molecular flexibility index (Phi) is 2.10. The summed E-state index contributed by atoms with van der Waals surface area (Å²) in [6.45, 7) is 4.62. The monoisotopic (exact) mass is 201 g/mol. The van der Waals surface area contributed by atoms with E-state index in [1.807, 2.05) is 0 Å². The van der Waals surface area contributed by atoms with Crippen LogP contribution in [-0.4, -0.2) is 13.1 Å². The number of aryl methyl sites for hydroxylation is 1. The van der Waals surface area contributed by atoms with Crippen LogP contribution < -0.4 is 5.32 Å². The Labute approximate surface area is 91.9 Å². The van der Waals surface area contributed by atoms with Gasteiger partial charge >= 0.3 is 0 Å². The SMILES string of the molecule is Cc1cccc(C2CNCC23CCC3)c1. The maximum atomic E-state index is 3.58. The van der Waals surface area contributed by atoms with Crippen molar-refractivity contribution >= 4 is 0 Å². The molecule has 1 aliphatic heterocycles. The molecule has 2 fully saturated rings. The molecule has 80 valence electrons. The molecule has 0 aromatic heterocycles. The fourth-order valence-corrected chi connectivity index (χ4v) is 3.32. The average molecular weight is 201 g/mol. The van der Waals surface area contributed by atoms with E-state index < -0.39 is 0 Å². The van der Waals surface area contributed by atoms with Crippen molar-refractivity contribution in [3.05, 3.63) is 35.4 Å². The summed E-state index contributed by atoms with van der Waals surface area (Å²) in [4.78, 5) is 0. The van der Waals surface area contributed by atoms with Crippen molar-refractivity contribution in [3.63, 3.8) is 0 Å². The number of hydrogen-bond donors (Lipinski definition) is 1. The van der Waals surface area contributed by atoms with Crippen LogP contribution in [0.1, 0.15) is 36.3 Å². The lowest BCUT2D eigenvalue weighted by molar-refractivity contribution is 0.137. The van der Waals surface area contributed by atoms with Gasteiger partial charge in [-0.2, -0.15) is 0 Å². The predicted molar refractivity (Wildman–Crippen MR) is 63.1 cm³/mol. The second-order valence-corrected chi connectivity index (χ2v) is 5.31. The van der Waals surface area contributed by atoms with Gasteiger partial charge in [-0.15, -0.1) is 0 Å². The Balaban J connectivity index is 1.93. The summed E-state index contributed by atoms with van der Waals surface area (Å²) < 4.78 is 0. The summed E-state index contributed by atoms with van der Waals surface area (Å²) in [5.41, 5.74) is 3.57. The van der Waals surface area contributed by atoms with E-state index in [0.29, 0.717) is 5.41 Å². The molecular formula is C14H19N. The van der Waals surface area contributed by atoms with Gasteiger partial charge in [0, 0.05) is 19.0 Å². The van der Waals surface area contributed by atoms with E-state index in [2.05, 4.69) is 36.5 Å². The summed E-state index contributed by atoms with van der Waals surface area (Å²) >= 11 is 0. The topological polar surface area (TPSA) is 12.0 Å². The molecule has 1 nitrogen and oxygen atoms in total. The van der Waals surface area contributed by atoms with Crippen LogP contribution >= 0.6 is 0 Å². The van der Waals surface area contributed by atoms with Crippen LogP contribution in [0.3, 0.4) is 0 Å². The zero-order valence-electron chi connectivity index (χ0n) is 9.42. The lowest BCUT2D eigenvalue weighted by atomic mass is 9.61. The number of rotatable bonds is 1. The van der Waals surface area contributed by atoms with Crippen molar-refractivity contribution in [1.82, 2.24) is 5.32 Å². The summed E-state index contributed by atoms with van der Waals surface area (Å²) in [7, 11) is 0. The van der Waals surface area contributed by atoms with Gasteiger partial charge in [0.15, 0.2) is 0 Å². The van der Waals surface area contributed by atoms with Gasteiger partial charge in [0.2, 0.25) is 0 Å². The minimum absolute atomic E-state index is 0.619. The molecule has 1 saturated carbocycles. The van der Waals surface area contributed by atoms with E-state index >= 15 is 0 Å². The van der Waals surface area contributed by atoms with E-state index in [1.165, 1.54) is 37.9 Å². The Bertz CT molecular complexity index is 365. The molecule has 1 spiro atoms. The van der Waals surface area contributed by atoms with Gasteiger partial charge < -0.3 is 5.32 Å². The third-order valence-corrected chi connectivity index (χ3v) is 4.36. The standard InChI is InChI=1S/C14H19N/c1-11-4-2-5-12(8-11)13-9-15-10-14(13)6-3-7-14/h2,4-5,8,13,15H,3,6-7,9-10H2,1H3. The predicted octanol–water partition coefficient (Wildman–Crippen LogP) is 2.85. The van der Waals surface area contributed by atoms with Gasteiger partial charge in [0.1, 0.15) is 0 Å². The molecule has 1 atom stereocenters. The van der Waals surface area contributed by atoms with E-state index in [9.17, 15) is 0 Å².